The Kier molecular flexibility index (Phi) is 3.02. The Labute approximate surface area is 99.1 Å². The van der Waals surface area contributed by atoms with Crippen molar-refractivity contribution < 1.29 is 4.39 Å². The van der Waals surface area contributed by atoms with Gasteiger partial charge in [0.05, 0.1) is 9.48 Å². The Morgan fingerprint density at radius 2 is 2.13 bits per heavy atom. The van der Waals surface area contributed by atoms with Gasteiger partial charge in [0.25, 0.3) is 0 Å². The van der Waals surface area contributed by atoms with Crippen LogP contribution in [-0.2, 0) is 6.42 Å². The number of nitrogens with zero attached hydrogens (tertiary/aromatic N) is 1. The van der Waals surface area contributed by atoms with E-state index in [2.05, 4.69) is 20.9 Å². The number of benzene rings is 1. The van der Waals surface area contributed by atoms with Crippen LogP contribution in [0.5, 0.6) is 0 Å². The minimum atomic E-state index is -0.212. The first-order chi connectivity index (χ1) is 7.16. The summed E-state index contributed by atoms with van der Waals surface area (Å²) in [5.41, 5.74) is 6.96. The van der Waals surface area contributed by atoms with E-state index < -0.39 is 0 Å². The third kappa shape index (κ3) is 2.35. The summed E-state index contributed by atoms with van der Waals surface area (Å²) >= 11 is 4.71. The standard InChI is InChI=1S/C10H8BrFN2S/c11-9-8(14-10(13)15-9)5-6-3-1-2-4-7(6)12/h1-4H,5H2,(H2,13,14). The molecule has 0 saturated carbocycles. The molecule has 2 rings (SSSR count). The van der Waals surface area contributed by atoms with E-state index in [1.165, 1.54) is 17.4 Å². The molecule has 1 heterocycles. The Morgan fingerprint density at radius 1 is 1.40 bits per heavy atom. The zero-order chi connectivity index (χ0) is 10.8. The van der Waals surface area contributed by atoms with Gasteiger partial charge < -0.3 is 5.73 Å². The average Bonchev–Trinajstić information content (AvgIpc) is 2.49. The Bertz CT molecular complexity index is 484. The lowest BCUT2D eigenvalue weighted by Gasteiger charge is -2.00. The first-order valence-electron chi connectivity index (χ1n) is 4.31. The monoisotopic (exact) mass is 286 g/mol. The van der Waals surface area contributed by atoms with E-state index in [1.807, 2.05) is 6.07 Å². The van der Waals surface area contributed by atoms with E-state index in [9.17, 15) is 4.39 Å². The highest BCUT2D eigenvalue weighted by molar-refractivity contribution is 9.11. The summed E-state index contributed by atoms with van der Waals surface area (Å²) in [4.78, 5) is 4.13. The summed E-state index contributed by atoms with van der Waals surface area (Å²) in [6.45, 7) is 0. The Hall–Kier alpha value is -0.940. The molecule has 1 aromatic carbocycles. The number of aromatic nitrogens is 1. The van der Waals surface area contributed by atoms with Gasteiger partial charge in [-0.2, -0.15) is 0 Å². The molecule has 0 bridgehead atoms. The van der Waals surface area contributed by atoms with E-state index in [-0.39, 0.29) is 5.82 Å². The predicted molar refractivity (Wildman–Crippen MR) is 63.4 cm³/mol. The van der Waals surface area contributed by atoms with Crippen LogP contribution in [0.4, 0.5) is 9.52 Å². The molecular weight excluding hydrogens is 279 g/mol. The third-order valence-electron chi connectivity index (χ3n) is 1.98. The van der Waals surface area contributed by atoms with Crippen molar-refractivity contribution in [2.45, 2.75) is 6.42 Å². The lowest BCUT2D eigenvalue weighted by atomic mass is 10.1. The van der Waals surface area contributed by atoms with Gasteiger partial charge in [0, 0.05) is 6.42 Å². The van der Waals surface area contributed by atoms with Crippen molar-refractivity contribution in [1.29, 1.82) is 0 Å². The quantitative estimate of drug-likeness (QED) is 0.921. The van der Waals surface area contributed by atoms with Gasteiger partial charge in [0.1, 0.15) is 5.82 Å². The zero-order valence-electron chi connectivity index (χ0n) is 7.71. The molecule has 0 aliphatic carbocycles. The van der Waals surface area contributed by atoms with Crippen LogP contribution < -0.4 is 5.73 Å². The van der Waals surface area contributed by atoms with Gasteiger partial charge >= 0.3 is 0 Å². The molecule has 0 atom stereocenters. The summed E-state index contributed by atoms with van der Waals surface area (Å²) in [6.07, 6.45) is 0.459. The second kappa shape index (κ2) is 4.28. The van der Waals surface area contributed by atoms with Gasteiger partial charge in [0.15, 0.2) is 5.13 Å². The topological polar surface area (TPSA) is 38.9 Å². The second-order valence-electron chi connectivity index (χ2n) is 3.04. The molecular formula is C10H8BrFN2S. The minimum Gasteiger partial charge on any atom is -0.375 e. The Morgan fingerprint density at radius 3 is 2.73 bits per heavy atom. The van der Waals surface area contributed by atoms with E-state index in [4.69, 9.17) is 5.73 Å². The van der Waals surface area contributed by atoms with Gasteiger partial charge in [-0.15, -0.1) is 0 Å². The molecule has 0 unspecified atom stereocenters. The maximum absolute atomic E-state index is 13.3. The molecule has 0 amide bonds. The first kappa shape index (κ1) is 10.6. The average molecular weight is 287 g/mol. The fraction of sp³-hybridized carbons (Fsp3) is 0.100. The number of rotatable bonds is 2. The van der Waals surface area contributed by atoms with E-state index >= 15 is 0 Å². The van der Waals surface area contributed by atoms with Crippen molar-refractivity contribution >= 4 is 32.4 Å². The van der Waals surface area contributed by atoms with Crippen LogP contribution in [0.15, 0.2) is 28.1 Å². The molecule has 15 heavy (non-hydrogen) atoms. The van der Waals surface area contributed by atoms with E-state index in [1.54, 1.807) is 12.1 Å². The lowest BCUT2D eigenvalue weighted by Crippen LogP contribution is -1.93. The third-order valence-corrected chi connectivity index (χ3v) is 3.64. The van der Waals surface area contributed by atoms with E-state index in [0.717, 1.165) is 9.48 Å². The van der Waals surface area contributed by atoms with Crippen molar-refractivity contribution in [3.63, 3.8) is 0 Å². The predicted octanol–water partition coefficient (Wildman–Crippen LogP) is 3.22. The van der Waals surface area contributed by atoms with Crippen molar-refractivity contribution in [2.75, 3.05) is 5.73 Å². The molecule has 78 valence electrons. The maximum atomic E-state index is 13.3. The van der Waals surface area contributed by atoms with Gasteiger partial charge in [-0.1, -0.05) is 29.5 Å². The number of nitrogens with two attached hydrogens (primary N) is 1. The highest BCUT2D eigenvalue weighted by Crippen LogP contribution is 2.28. The fourth-order valence-electron chi connectivity index (χ4n) is 1.28. The fourth-order valence-corrected chi connectivity index (χ4v) is 2.58. The van der Waals surface area contributed by atoms with Crippen LogP contribution in [0.3, 0.4) is 0 Å². The summed E-state index contributed by atoms with van der Waals surface area (Å²) in [5, 5.41) is 0.494. The molecule has 2 nitrogen and oxygen atoms in total. The molecule has 1 aromatic heterocycles. The van der Waals surface area contributed by atoms with Crippen LogP contribution in [0, 0.1) is 5.82 Å². The summed E-state index contributed by atoms with van der Waals surface area (Å²) in [5.74, 6) is -0.212. The molecule has 2 N–H and O–H groups in total. The number of hydrogen-bond acceptors (Lipinski definition) is 3. The smallest absolute Gasteiger partial charge is 0.181 e. The highest BCUT2D eigenvalue weighted by atomic mass is 79.9. The van der Waals surface area contributed by atoms with Crippen molar-refractivity contribution in [1.82, 2.24) is 4.98 Å². The second-order valence-corrected chi connectivity index (χ2v) is 5.39. The SMILES string of the molecule is Nc1nc(Cc2ccccc2F)c(Br)s1. The normalized spacial score (nSPS) is 10.5. The van der Waals surface area contributed by atoms with Crippen LogP contribution >= 0.6 is 27.3 Å². The number of anilines is 1. The number of halogens is 2. The van der Waals surface area contributed by atoms with Gasteiger partial charge in [-0.05, 0) is 27.6 Å². The number of hydrogen-bond donors (Lipinski definition) is 1. The molecule has 0 aliphatic rings. The highest BCUT2D eigenvalue weighted by Gasteiger charge is 2.09. The van der Waals surface area contributed by atoms with Crippen molar-refractivity contribution in [3.8, 4) is 0 Å². The lowest BCUT2D eigenvalue weighted by molar-refractivity contribution is 0.613. The number of nitrogen functional groups attached to an aromatic ring is 1. The minimum absolute atomic E-state index is 0.212. The molecule has 5 heteroatoms. The van der Waals surface area contributed by atoms with Gasteiger partial charge in [0.2, 0.25) is 0 Å². The van der Waals surface area contributed by atoms with Crippen LogP contribution in [0.2, 0.25) is 0 Å². The maximum Gasteiger partial charge on any atom is 0.181 e. The summed E-state index contributed by atoms with van der Waals surface area (Å²) in [6, 6.07) is 6.67. The van der Waals surface area contributed by atoms with E-state index in [0.29, 0.717) is 17.1 Å². The number of thiazole rings is 1. The zero-order valence-corrected chi connectivity index (χ0v) is 10.1. The molecule has 0 saturated heterocycles. The molecule has 0 spiro atoms. The van der Waals surface area contributed by atoms with Crippen molar-refractivity contribution in [3.05, 3.63) is 45.1 Å². The molecule has 0 aliphatic heterocycles. The van der Waals surface area contributed by atoms with Crippen LogP contribution in [-0.4, -0.2) is 4.98 Å². The molecule has 2 aromatic rings. The van der Waals surface area contributed by atoms with Crippen LogP contribution in [0.1, 0.15) is 11.3 Å². The van der Waals surface area contributed by atoms with Crippen molar-refractivity contribution in [2.24, 2.45) is 0 Å². The van der Waals surface area contributed by atoms with Gasteiger partial charge in [-0.25, -0.2) is 9.37 Å². The van der Waals surface area contributed by atoms with Gasteiger partial charge in [-0.3, -0.25) is 0 Å². The summed E-state index contributed by atoms with van der Waals surface area (Å²) in [7, 11) is 0. The summed E-state index contributed by atoms with van der Waals surface area (Å²) < 4.78 is 14.2. The molecule has 0 radical (unpaired) electrons. The Balaban J connectivity index is 2.29. The largest absolute Gasteiger partial charge is 0.375 e. The first-order valence-corrected chi connectivity index (χ1v) is 5.92. The molecule has 0 fully saturated rings. The van der Waals surface area contributed by atoms with Crippen LogP contribution in [0.25, 0.3) is 0 Å².